The van der Waals surface area contributed by atoms with Crippen LogP contribution in [0.25, 0.3) is 0 Å². The van der Waals surface area contributed by atoms with Gasteiger partial charge in [0, 0.05) is 19.2 Å². The molecule has 0 aromatic carbocycles. The Labute approximate surface area is 95.0 Å². The highest BCUT2D eigenvalue weighted by atomic mass is 19.1. The van der Waals surface area contributed by atoms with E-state index in [0.717, 1.165) is 31.9 Å². The fourth-order valence-electron chi connectivity index (χ4n) is 1.84. The lowest BCUT2D eigenvalue weighted by Gasteiger charge is -2.15. The van der Waals surface area contributed by atoms with E-state index in [9.17, 15) is 4.39 Å². The SMILES string of the molecule is CC(NCC1CCOC1)c1ccc(F)cn1. The minimum Gasteiger partial charge on any atom is -0.381 e. The van der Waals surface area contributed by atoms with Gasteiger partial charge in [-0.1, -0.05) is 0 Å². The second-order valence-corrected chi connectivity index (χ2v) is 4.26. The average molecular weight is 224 g/mol. The maximum absolute atomic E-state index is 12.7. The molecule has 2 rings (SSSR count). The summed E-state index contributed by atoms with van der Waals surface area (Å²) in [6, 6.07) is 3.32. The van der Waals surface area contributed by atoms with Crippen LogP contribution < -0.4 is 5.32 Å². The van der Waals surface area contributed by atoms with Gasteiger partial charge in [0.2, 0.25) is 0 Å². The van der Waals surface area contributed by atoms with Gasteiger partial charge in [-0.2, -0.15) is 0 Å². The summed E-state index contributed by atoms with van der Waals surface area (Å²) in [5.41, 5.74) is 0.875. The van der Waals surface area contributed by atoms with Crippen LogP contribution in [-0.4, -0.2) is 24.7 Å². The Morgan fingerprint density at radius 3 is 3.12 bits per heavy atom. The summed E-state index contributed by atoms with van der Waals surface area (Å²) in [4.78, 5) is 4.05. The zero-order chi connectivity index (χ0) is 11.4. The van der Waals surface area contributed by atoms with Crippen molar-refractivity contribution in [2.45, 2.75) is 19.4 Å². The monoisotopic (exact) mass is 224 g/mol. The number of nitrogens with zero attached hydrogens (tertiary/aromatic N) is 1. The molecule has 4 heteroatoms. The Bertz CT molecular complexity index is 322. The first-order valence-corrected chi connectivity index (χ1v) is 5.68. The third-order valence-electron chi connectivity index (χ3n) is 2.93. The Hall–Kier alpha value is -1.00. The topological polar surface area (TPSA) is 34.1 Å². The molecule has 1 aliphatic heterocycles. The smallest absolute Gasteiger partial charge is 0.141 e. The number of hydrogen-bond donors (Lipinski definition) is 1. The Balaban J connectivity index is 1.82. The minimum atomic E-state index is -0.292. The molecule has 0 saturated carbocycles. The van der Waals surface area contributed by atoms with Crippen LogP contribution in [0.5, 0.6) is 0 Å². The van der Waals surface area contributed by atoms with Gasteiger partial charge in [-0.3, -0.25) is 4.98 Å². The van der Waals surface area contributed by atoms with Gasteiger partial charge in [0.25, 0.3) is 0 Å². The first kappa shape index (κ1) is 11.5. The molecule has 0 amide bonds. The van der Waals surface area contributed by atoms with Crippen molar-refractivity contribution in [1.29, 1.82) is 0 Å². The molecule has 3 nitrogen and oxygen atoms in total. The molecule has 0 radical (unpaired) electrons. The molecule has 0 aliphatic carbocycles. The first-order valence-electron chi connectivity index (χ1n) is 5.68. The number of aromatic nitrogens is 1. The van der Waals surface area contributed by atoms with Gasteiger partial charge in [-0.05, 0) is 31.4 Å². The summed E-state index contributed by atoms with van der Waals surface area (Å²) >= 11 is 0. The lowest BCUT2D eigenvalue weighted by Crippen LogP contribution is -2.26. The highest BCUT2D eigenvalue weighted by Crippen LogP contribution is 2.14. The molecule has 88 valence electrons. The van der Waals surface area contributed by atoms with Crippen molar-refractivity contribution >= 4 is 0 Å². The first-order chi connectivity index (χ1) is 7.75. The zero-order valence-corrected chi connectivity index (χ0v) is 9.45. The summed E-state index contributed by atoms with van der Waals surface area (Å²) < 4.78 is 18.0. The van der Waals surface area contributed by atoms with Crippen LogP contribution in [-0.2, 0) is 4.74 Å². The predicted octanol–water partition coefficient (Wildman–Crippen LogP) is 1.91. The third-order valence-corrected chi connectivity index (χ3v) is 2.93. The Kier molecular flexibility index (Phi) is 3.85. The van der Waals surface area contributed by atoms with Crippen LogP contribution in [0.3, 0.4) is 0 Å². The average Bonchev–Trinajstić information content (AvgIpc) is 2.80. The van der Waals surface area contributed by atoms with E-state index < -0.39 is 0 Å². The number of rotatable bonds is 4. The third kappa shape index (κ3) is 3.00. The quantitative estimate of drug-likeness (QED) is 0.848. The summed E-state index contributed by atoms with van der Waals surface area (Å²) in [6.07, 6.45) is 2.38. The van der Waals surface area contributed by atoms with Gasteiger partial charge >= 0.3 is 0 Å². The molecule has 0 bridgehead atoms. The lowest BCUT2D eigenvalue weighted by atomic mass is 10.1. The Morgan fingerprint density at radius 2 is 2.50 bits per heavy atom. The van der Waals surface area contributed by atoms with Gasteiger partial charge < -0.3 is 10.1 Å². The maximum atomic E-state index is 12.7. The van der Waals surface area contributed by atoms with E-state index in [1.54, 1.807) is 6.07 Å². The van der Waals surface area contributed by atoms with Gasteiger partial charge in [0.05, 0.1) is 18.5 Å². The largest absolute Gasteiger partial charge is 0.381 e. The summed E-state index contributed by atoms with van der Waals surface area (Å²) in [7, 11) is 0. The molecule has 16 heavy (non-hydrogen) atoms. The van der Waals surface area contributed by atoms with Crippen LogP contribution in [0.2, 0.25) is 0 Å². The second-order valence-electron chi connectivity index (χ2n) is 4.26. The molecule has 2 atom stereocenters. The number of ether oxygens (including phenoxy) is 1. The van der Waals surface area contributed by atoms with E-state index in [2.05, 4.69) is 10.3 Å². The van der Waals surface area contributed by atoms with Crippen LogP contribution in [0.4, 0.5) is 4.39 Å². The number of nitrogens with one attached hydrogen (secondary N) is 1. The van der Waals surface area contributed by atoms with Crippen LogP contribution in [0.15, 0.2) is 18.3 Å². The number of halogens is 1. The van der Waals surface area contributed by atoms with Crippen molar-refractivity contribution in [3.05, 3.63) is 29.8 Å². The van der Waals surface area contributed by atoms with Gasteiger partial charge in [0.1, 0.15) is 5.82 Å². The van der Waals surface area contributed by atoms with E-state index in [-0.39, 0.29) is 11.9 Å². The fourth-order valence-corrected chi connectivity index (χ4v) is 1.84. The molecular weight excluding hydrogens is 207 g/mol. The van der Waals surface area contributed by atoms with Crippen molar-refractivity contribution in [2.24, 2.45) is 5.92 Å². The molecule has 1 aromatic heterocycles. The normalized spacial score (nSPS) is 22.2. The van der Waals surface area contributed by atoms with Crippen molar-refractivity contribution in [2.75, 3.05) is 19.8 Å². The molecular formula is C12H17FN2O. The van der Waals surface area contributed by atoms with E-state index in [0.29, 0.717) is 5.92 Å². The van der Waals surface area contributed by atoms with E-state index in [1.165, 1.54) is 12.3 Å². The molecule has 1 N–H and O–H groups in total. The van der Waals surface area contributed by atoms with Gasteiger partial charge in [-0.15, -0.1) is 0 Å². The predicted molar refractivity (Wildman–Crippen MR) is 59.5 cm³/mol. The highest BCUT2D eigenvalue weighted by molar-refractivity contribution is 5.08. The lowest BCUT2D eigenvalue weighted by molar-refractivity contribution is 0.184. The summed E-state index contributed by atoms with van der Waals surface area (Å²) in [6.45, 7) is 4.68. The zero-order valence-electron chi connectivity index (χ0n) is 9.45. The van der Waals surface area contributed by atoms with Crippen LogP contribution in [0, 0.1) is 11.7 Å². The maximum Gasteiger partial charge on any atom is 0.141 e. The van der Waals surface area contributed by atoms with Crippen molar-refractivity contribution < 1.29 is 9.13 Å². The van der Waals surface area contributed by atoms with Crippen molar-refractivity contribution in [3.8, 4) is 0 Å². The molecule has 1 saturated heterocycles. The molecule has 1 aliphatic rings. The van der Waals surface area contributed by atoms with E-state index in [4.69, 9.17) is 4.74 Å². The summed E-state index contributed by atoms with van der Waals surface area (Å²) in [5, 5.41) is 3.40. The van der Waals surface area contributed by atoms with Gasteiger partial charge in [-0.25, -0.2) is 4.39 Å². The molecule has 2 unspecified atom stereocenters. The van der Waals surface area contributed by atoms with Crippen molar-refractivity contribution in [3.63, 3.8) is 0 Å². The molecule has 1 fully saturated rings. The van der Waals surface area contributed by atoms with Crippen LogP contribution >= 0.6 is 0 Å². The highest BCUT2D eigenvalue weighted by Gasteiger charge is 2.16. The second kappa shape index (κ2) is 5.37. The molecule has 0 spiro atoms. The minimum absolute atomic E-state index is 0.154. The Morgan fingerprint density at radius 1 is 1.62 bits per heavy atom. The van der Waals surface area contributed by atoms with E-state index >= 15 is 0 Å². The molecule has 1 aromatic rings. The van der Waals surface area contributed by atoms with Crippen LogP contribution in [0.1, 0.15) is 25.1 Å². The van der Waals surface area contributed by atoms with Crippen molar-refractivity contribution in [1.82, 2.24) is 10.3 Å². The standard InChI is InChI=1S/C12H17FN2O/c1-9(12-3-2-11(13)7-15-12)14-6-10-4-5-16-8-10/h2-3,7,9-10,14H,4-6,8H2,1H3. The molecule has 2 heterocycles. The number of hydrogen-bond acceptors (Lipinski definition) is 3. The van der Waals surface area contributed by atoms with Gasteiger partial charge in [0.15, 0.2) is 0 Å². The fraction of sp³-hybridized carbons (Fsp3) is 0.583. The summed E-state index contributed by atoms with van der Waals surface area (Å²) in [5.74, 6) is 0.308. The van der Waals surface area contributed by atoms with E-state index in [1.807, 2.05) is 6.92 Å². The number of pyridine rings is 1.